The van der Waals surface area contributed by atoms with Crippen molar-refractivity contribution in [3.05, 3.63) is 111 Å². The van der Waals surface area contributed by atoms with Gasteiger partial charge in [0.05, 0.1) is 12.1 Å². The Bertz CT molecular complexity index is 1270. The first-order valence-electron chi connectivity index (χ1n) is 13.0. The van der Waals surface area contributed by atoms with Crippen molar-refractivity contribution in [1.82, 2.24) is 9.88 Å². The first-order valence-corrected chi connectivity index (χ1v) is 13.4. The summed E-state index contributed by atoms with van der Waals surface area (Å²) < 4.78 is 9.66. The normalized spacial score (nSPS) is 8.74. The molecule has 0 N–H and O–H groups in total. The van der Waals surface area contributed by atoms with Crippen molar-refractivity contribution < 1.29 is 13.9 Å². The van der Waals surface area contributed by atoms with Crippen LogP contribution in [-0.4, -0.2) is 37.1 Å². The number of methoxy groups -OCH3 is 1. The quantitative estimate of drug-likeness (QED) is 0.171. The van der Waals surface area contributed by atoms with E-state index in [0.29, 0.717) is 16.0 Å². The second kappa shape index (κ2) is 26.4. The lowest BCUT2D eigenvalue weighted by Crippen LogP contribution is -2.15. The molecule has 0 aliphatic carbocycles. The molecule has 0 saturated carbocycles. The molecule has 4 rings (SSSR count). The van der Waals surface area contributed by atoms with Crippen molar-refractivity contribution in [2.24, 2.45) is 0 Å². The van der Waals surface area contributed by atoms with Crippen molar-refractivity contribution in [3.8, 4) is 0 Å². The van der Waals surface area contributed by atoms with E-state index in [0.717, 1.165) is 17.7 Å². The predicted octanol–water partition coefficient (Wildman–Crippen LogP) is 10.0. The molecule has 4 aromatic rings. The Morgan fingerprint density at radius 2 is 1.48 bits per heavy atom. The van der Waals surface area contributed by atoms with Gasteiger partial charge in [-0.05, 0) is 63.3 Å². The van der Waals surface area contributed by atoms with Crippen molar-refractivity contribution in [1.29, 1.82) is 0 Å². The van der Waals surface area contributed by atoms with Gasteiger partial charge in [0.15, 0.2) is 0 Å². The molecule has 0 saturated heterocycles. The average molecular weight is 603 g/mol. The van der Waals surface area contributed by atoms with Gasteiger partial charge in [-0.2, -0.15) is 0 Å². The molecule has 0 bridgehead atoms. The number of carbonyl (C=O) groups excluding carboxylic acids is 1. The number of benzene rings is 2. The van der Waals surface area contributed by atoms with E-state index in [1.54, 1.807) is 18.5 Å². The maximum atomic E-state index is 11.6. The van der Waals surface area contributed by atoms with E-state index in [1.807, 2.05) is 76.2 Å². The maximum absolute atomic E-state index is 11.6. The van der Waals surface area contributed by atoms with Gasteiger partial charge in [-0.15, -0.1) is 0 Å². The SMILES string of the molecule is C.C.C.CC.CCC.COC(=O)c1cc2cc(CN(C)C)ccc2oc1=O.Cc1ccccc1.Cc1cncc(Cl)c1. The highest BCUT2D eigenvalue weighted by molar-refractivity contribution is 6.30. The minimum absolute atomic E-state index is 0. The van der Waals surface area contributed by atoms with E-state index >= 15 is 0 Å². The second-order valence-corrected chi connectivity index (χ2v) is 9.03. The fourth-order valence-electron chi connectivity index (χ4n) is 2.94. The molecule has 0 spiro atoms. The molecule has 0 radical (unpaired) electrons. The molecule has 0 unspecified atom stereocenters. The average Bonchev–Trinajstić information content (AvgIpc) is 2.90. The standard InChI is InChI=1S/C14H15NO4.C7H8.C6H6ClN.C3H8.C2H6.3CH4/c1-15(2)8-9-4-5-12-10(6-9)7-11(13(16)18-3)14(17)19-12;1-7-5-3-2-4-6-7;1-5-2-6(7)4-8-3-5;1-3-2;1-2;;;/h4-7H,8H2,1-3H3;2-6H,1H3;2-4H,1H3;3H2,1-2H3;1-2H3;3*1H4. The van der Waals surface area contributed by atoms with Crippen molar-refractivity contribution in [3.63, 3.8) is 0 Å². The second-order valence-electron chi connectivity index (χ2n) is 8.59. The lowest BCUT2D eigenvalue weighted by Gasteiger charge is -2.10. The van der Waals surface area contributed by atoms with Crippen LogP contribution < -0.4 is 5.63 Å². The van der Waals surface area contributed by atoms with Gasteiger partial charge in [-0.25, -0.2) is 9.59 Å². The Morgan fingerprint density at radius 3 is 1.88 bits per heavy atom. The van der Waals surface area contributed by atoms with Crippen LogP contribution in [-0.2, 0) is 11.3 Å². The molecule has 6 nitrogen and oxygen atoms in total. The summed E-state index contributed by atoms with van der Waals surface area (Å²) in [4.78, 5) is 29.0. The number of halogens is 1. The van der Waals surface area contributed by atoms with Crippen molar-refractivity contribution in [2.75, 3.05) is 21.2 Å². The number of ether oxygens (including phenoxy) is 1. The molecule has 2 aromatic heterocycles. The van der Waals surface area contributed by atoms with Gasteiger partial charge >= 0.3 is 11.6 Å². The Labute approximate surface area is 260 Å². The van der Waals surface area contributed by atoms with Crippen LogP contribution in [0.1, 0.15) is 83.4 Å². The van der Waals surface area contributed by atoms with Gasteiger partial charge in [0.25, 0.3) is 0 Å². The highest BCUT2D eigenvalue weighted by Gasteiger charge is 2.14. The number of hydrogen-bond acceptors (Lipinski definition) is 6. The fraction of sp³-hybridized carbons (Fsp3) is 0.400. The third kappa shape index (κ3) is 18.8. The largest absolute Gasteiger partial charge is 0.465 e. The third-order valence-corrected chi connectivity index (χ3v) is 4.69. The molecule has 42 heavy (non-hydrogen) atoms. The van der Waals surface area contributed by atoms with Crippen LogP contribution >= 0.6 is 11.6 Å². The molecule has 0 atom stereocenters. The molecular formula is C35H55ClN2O4. The molecular weight excluding hydrogens is 548 g/mol. The predicted molar refractivity (Wildman–Crippen MR) is 184 cm³/mol. The van der Waals surface area contributed by atoms with E-state index < -0.39 is 11.6 Å². The monoisotopic (exact) mass is 602 g/mol. The summed E-state index contributed by atoms with van der Waals surface area (Å²) >= 11 is 5.58. The zero-order chi connectivity index (χ0) is 29.8. The summed E-state index contributed by atoms with van der Waals surface area (Å²) in [6.07, 6.45) is 4.64. The number of rotatable bonds is 3. The number of nitrogens with zero attached hydrogens (tertiary/aromatic N) is 2. The van der Waals surface area contributed by atoms with Gasteiger partial charge in [-0.3, -0.25) is 4.98 Å². The Morgan fingerprint density at radius 1 is 0.905 bits per heavy atom. The first kappa shape index (κ1) is 45.5. The number of hydrogen-bond donors (Lipinski definition) is 0. The van der Waals surface area contributed by atoms with Gasteiger partial charge in [-0.1, -0.05) is 110 Å². The fourth-order valence-corrected chi connectivity index (χ4v) is 3.17. The van der Waals surface area contributed by atoms with Crippen LogP contribution in [0.3, 0.4) is 0 Å². The number of carbonyl (C=O) groups is 1. The van der Waals surface area contributed by atoms with Crippen LogP contribution in [0.2, 0.25) is 5.02 Å². The zero-order valence-corrected chi connectivity index (χ0v) is 25.5. The summed E-state index contributed by atoms with van der Waals surface area (Å²) in [6, 6.07) is 19.2. The highest BCUT2D eigenvalue weighted by Crippen LogP contribution is 2.17. The zero-order valence-electron chi connectivity index (χ0n) is 24.7. The summed E-state index contributed by atoms with van der Waals surface area (Å²) in [5, 5.41) is 1.41. The van der Waals surface area contributed by atoms with E-state index in [9.17, 15) is 9.59 Å². The Kier molecular flexibility index (Phi) is 28.6. The molecule has 2 heterocycles. The number of pyridine rings is 1. The van der Waals surface area contributed by atoms with Crippen molar-refractivity contribution in [2.45, 2.75) is 76.8 Å². The third-order valence-electron chi connectivity index (χ3n) is 4.48. The van der Waals surface area contributed by atoms with Gasteiger partial charge in [0.2, 0.25) is 0 Å². The van der Waals surface area contributed by atoms with E-state index in [2.05, 4.69) is 42.6 Å². The number of aromatic nitrogens is 1. The smallest absolute Gasteiger partial charge is 0.351 e. The van der Waals surface area contributed by atoms with Crippen LogP contribution in [0.25, 0.3) is 11.0 Å². The van der Waals surface area contributed by atoms with Gasteiger partial charge in [0, 0.05) is 24.3 Å². The summed E-state index contributed by atoms with van der Waals surface area (Å²) in [5.74, 6) is -0.686. The van der Waals surface area contributed by atoms with E-state index in [-0.39, 0.29) is 27.8 Å². The minimum Gasteiger partial charge on any atom is -0.465 e. The van der Waals surface area contributed by atoms with E-state index in [4.69, 9.17) is 16.0 Å². The molecule has 236 valence electrons. The van der Waals surface area contributed by atoms with Crippen molar-refractivity contribution >= 4 is 28.5 Å². The molecule has 0 amide bonds. The Hall–Kier alpha value is -3.48. The number of aryl methyl sites for hydroxylation is 2. The Balaban J connectivity index is -0.000000262. The topological polar surface area (TPSA) is 72.6 Å². The highest BCUT2D eigenvalue weighted by atomic mass is 35.5. The molecule has 0 fully saturated rings. The lowest BCUT2D eigenvalue weighted by atomic mass is 10.1. The first-order chi connectivity index (χ1) is 18.6. The minimum atomic E-state index is -0.686. The summed E-state index contributed by atoms with van der Waals surface area (Å²) in [5.41, 5.74) is 3.18. The van der Waals surface area contributed by atoms with Gasteiger partial charge < -0.3 is 14.1 Å². The lowest BCUT2D eigenvalue weighted by molar-refractivity contribution is 0.0596. The number of esters is 1. The molecule has 0 aliphatic heterocycles. The molecule has 0 aliphatic rings. The van der Waals surface area contributed by atoms with Crippen LogP contribution in [0.15, 0.2) is 82.3 Å². The summed E-state index contributed by atoms with van der Waals surface area (Å²) in [7, 11) is 5.17. The van der Waals surface area contributed by atoms with Crippen LogP contribution in [0, 0.1) is 13.8 Å². The van der Waals surface area contributed by atoms with Gasteiger partial charge in [0.1, 0.15) is 11.1 Å². The number of fused-ring (bicyclic) bond motifs is 1. The van der Waals surface area contributed by atoms with Crippen LogP contribution in [0.4, 0.5) is 0 Å². The molecule has 7 heteroatoms. The summed E-state index contributed by atoms with van der Waals surface area (Å²) in [6.45, 7) is 13.1. The van der Waals surface area contributed by atoms with E-state index in [1.165, 1.54) is 25.2 Å². The molecule has 2 aromatic carbocycles. The van der Waals surface area contributed by atoms with Crippen LogP contribution in [0.5, 0.6) is 0 Å². The maximum Gasteiger partial charge on any atom is 0.351 e.